The molecule has 0 spiro atoms. The minimum Gasteiger partial charge on any atom is -0.497 e. The first-order valence-electron chi connectivity index (χ1n) is 5.11. The molecule has 15 heavy (non-hydrogen) atoms. The lowest BCUT2D eigenvalue weighted by Gasteiger charge is -2.11. The van der Waals surface area contributed by atoms with Crippen LogP contribution in [0.2, 0.25) is 0 Å². The summed E-state index contributed by atoms with van der Waals surface area (Å²) in [6.45, 7) is 2.19. The van der Waals surface area contributed by atoms with E-state index in [1.54, 1.807) is 19.2 Å². The number of benzene rings is 1. The fourth-order valence-electron chi connectivity index (χ4n) is 1.85. The fraction of sp³-hybridized carbons (Fsp3) is 0.500. The van der Waals surface area contributed by atoms with Gasteiger partial charge in [-0.15, -0.1) is 0 Å². The Kier molecular flexibility index (Phi) is 3.01. The van der Waals surface area contributed by atoms with E-state index >= 15 is 0 Å². The zero-order valence-electron chi connectivity index (χ0n) is 8.84. The molecule has 0 saturated heterocycles. The van der Waals surface area contributed by atoms with Gasteiger partial charge in [-0.3, -0.25) is 0 Å². The van der Waals surface area contributed by atoms with Crippen LogP contribution >= 0.6 is 15.9 Å². The molecule has 1 saturated carbocycles. The lowest BCUT2D eigenvalue weighted by molar-refractivity contribution is 0.410. The van der Waals surface area contributed by atoms with Gasteiger partial charge in [0.1, 0.15) is 11.6 Å². The van der Waals surface area contributed by atoms with E-state index in [4.69, 9.17) is 4.74 Å². The molecule has 1 aliphatic carbocycles. The van der Waals surface area contributed by atoms with Gasteiger partial charge in [0, 0.05) is 16.5 Å². The second-order valence-corrected chi connectivity index (χ2v) is 5.15. The molecule has 0 bridgehead atoms. The maximum absolute atomic E-state index is 13.7. The predicted octanol–water partition coefficient (Wildman–Crippen LogP) is 3.93. The van der Waals surface area contributed by atoms with Crippen molar-refractivity contribution in [2.45, 2.75) is 18.2 Å². The van der Waals surface area contributed by atoms with Crippen LogP contribution in [0.1, 0.15) is 23.7 Å². The van der Waals surface area contributed by atoms with E-state index in [-0.39, 0.29) is 10.6 Å². The molecule has 3 heteroatoms. The molecule has 1 nitrogen and oxygen atoms in total. The zero-order chi connectivity index (χ0) is 11.0. The Labute approximate surface area is 97.8 Å². The third-order valence-electron chi connectivity index (χ3n) is 3.05. The monoisotopic (exact) mass is 272 g/mol. The van der Waals surface area contributed by atoms with E-state index in [1.807, 2.05) is 0 Å². The van der Waals surface area contributed by atoms with Crippen LogP contribution in [-0.4, -0.2) is 7.11 Å². The van der Waals surface area contributed by atoms with Crippen LogP contribution in [0.3, 0.4) is 0 Å². The molecule has 1 aromatic carbocycles. The van der Waals surface area contributed by atoms with Gasteiger partial charge in [-0.1, -0.05) is 28.9 Å². The summed E-state index contributed by atoms with van der Waals surface area (Å²) in [4.78, 5) is 0.137. The van der Waals surface area contributed by atoms with Gasteiger partial charge in [0.25, 0.3) is 0 Å². The van der Waals surface area contributed by atoms with Crippen molar-refractivity contribution in [3.63, 3.8) is 0 Å². The number of halogens is 2. The topological polar surface area (TPSA) is 9.23 Å². The average Bonchev–Trinajstić information content (AvgIpc) is 2.94. The van der Waals surface area contributed by atoms with Crippen LogP contribution in [0.4, 0.5) is 4.39 Å². The van der Waals surface area contributed by atoms with Gasteiger partial charge in [-0.25, -0.2) is 4.39 Å². The van der Waals surface area contributed by atoms with Crippen LogP contribution in [0, 0.1) is 17.7 Å². The Morgan fingerprint density at radius 1 is 1.53 bits per heavy atom. The quantitative estimate of drug-likeness (QED) is 0.758. The molecular formula is C12H14BrFO. The molecule has 3 atom stereocenters. The van der Waals surface area contributed by atoms with E-state index < -0.39 is 0 Å². The molecule has 3 unspecified atom stereocenters. The summed E-state index contributed by atoms with van der Waals surface area (Å²) in [5.41, 5.74) is 0.741. The van der Waals surface area contributed by atoms with Gasteiger partial charge in [-0.2, -0.15) is 0 Å². The molecule has 1 aromatic rings. The van der Waals surface area contributed by atoms with Gasteiger partial charge in [0.2, 0.25) is 0 Å². The number of hydrogen-bond donors (Lipinski definition) is 0. The number of ether oxygens (including phenoxy) is 1. The molecular weight excluding hydrogens is 259 g/mol. The number of hydrogen-bond acceptors (Lipinski definition) is 1. The van der Waals surface area contributed by atoms with Gasteiger partial charge in [-0.05, 0) is 24.3 Å². The smallest absolute Gasteiger partial charge is 0.131 e. The van der Waals surface area contributed by atoms with Crippen molar-refractivity contribution in [2.24, 2.45) is 11.8 Å². The summed E-state index contributed by atoms with van der Waals surface area (Å²) in [5.74, 6) is 1.67. The molecule has 0 aromatic heterocycles. The van der Waals surface area contributed by atoms with Gasteiger partial charge in [0.15, 0.2) is 0 Å². The largest absolute Gasteiger partial charge is 0.497 e. The molecule has 0 aliphatic heterocycles. The minimum atomic E-state index is -0.185. The summed E-state index contributed by atoms with van der Waals surface area (Å²) in [7, 11) is 1.54. The van der Waals surface area contributed by atoms with Crippen molar-refractivity contribution in [1.29, 1.82) is 0 Å². The van der Waals surface area contributed by atoms with E-state index in [0.29, 0.717) is 17.6 Å². The SMILES string of the molecule is COc1ccc(C(Br)C2CC2C)c(F)c1. The Morgan fingerprint density at radius 2 is 2.20 bits per heavy atom. The number of methoxy groups -OCH3 is 1. The lowest BCUT2D eigenvalue weighted by atomic mass is 10.1. The molecule has 0 radical (unpaired) electrons. The fourth-order valence-corrected chi connectivity index (χ4v) is 2.96. The first-order chi connectivity index (χ1) is 7.13. The van der Waals surface area contributed by atoms with Gasteiger partial charge in [0.05, 0.1) is 7.11 Å². The molecule has 82 valence electrons. The highest BCUT2D eigenvalue weighted by atomic mass is 79.9. The molecule has 0 N–H and O–H groups in total. The molecule has 1 fully saturated rings. The van der Waals surface area contributed by atoms with Crippen LogP contribution in [0.5, 0.6) is 5.75 Å². The van der Waals surface area contributed by atoms with Crippen molar-refractivity contribution in [1.82, 2.24) is 0 Å². The molecule has 0 amide bonds. The lowest BCUT2D eigenvalue weighted by Crippen LogP contribution is -1.98. The summed E-state index contributed by atoms with van der Waals surface area (Å²) in [6, 6.07) is 5.05. The molecule has 2 rings (SSSR count). The second kappa shape index (κ2) is 4.12. The standard InChI is InChI=1S/C12H14BrFO/c1-7-5-10(7)12(13)9-4-3-8(15-2)6-11(9)14/h3-4,6-7,10,12H,5H2,1-2H3. The number of alkyl halides is 1. The van der Waals surface area contributed by atoms with E-state index in [1.165, 1.54) is 12.5 Å². The van der Waals surface area contributed by atoms with E-state index in [9.17, 15) is 4.39 Å². The van der Waals surface area contributed by atoms with Gasteiger partial charge < -0.3 is 4.74 Å². The third-order valence-corrected chi connectivity index (χ3v) is 4.22. The van der Waals surface area contributed by atoms with Crippen LogP contribution in [0.15, 0.2) is 18.2 Å². The minimum absolute atomic E-state index is 0.137. The molecule has 0 heterocycles. The highest BCUT2D eigenvalue weighted by molar-refractivity contribution is 9.09. The van der Waals surface area contributed by atoms with Crippen molar-refractivity contribution < 1.29 is 9.13 Å². The van der Waals surface area contributed by atoms with Crippen LogP contribution in [-0.2, 0) is 0 Å². The van der Waals surface area contributed by atoms with E-state index in [0.717, 1.165) is 5.56 Å². The Morgan fingerprint density at radius 3 is 2.67 bits per heavy atom. The highest BCUT2D eigenvalue weighted by Gasteiger charge is 2.39. The van der Waals surface area contributed by atoms with E-state index in [2.05, 4.69) is 22.9 Å². The molecule has 1 aliphatic rings. The van der Waals surface area contributed by atoms with Crippen molar-refractivity contribution in [3.05, 3.63) is 29.6 Å². The summed E-state index contributed by atoms with van der Waals surface area (Å²) in [6.07, 6.45) is 1.18. The highest BCUT2D eigenvalue weighted by Crippen LogP contribution is 2.51. The second-order valence-electron chi connectivity index (χ2n) is 4.17. The van der Waals surface area contributed by atoms with Crippen molar-refractivity contribution in [2.75, 3.05) is 7.11 Å². The average molecular weight is 273 g/mol. The Hall–Kier alpha value is -0.570. The van der Waals surface area contributed by atoms with Crippen LogP contribution < -0.4 is 4.74 Å². The Balaban J connectivity index is 2.21. The third kappa shape index (κ3) is 2.17. The Bertz CT molecular complexity index is 367. The normalized spacial score (nSPS) is 26.1. The van der Waals surface area contributed by atoms with Crippen molar-refractivity contribution >= 4 is 15.9 Å². The predicted molar refractivity (Wildman–Crippen MR) is 61.9 cm³/mol. The first-order valence-corrected chi connectivity index (χ1v) is 6.02. The maximum atomic E-state index is 13.7. The van der Waals surface area contributed by atoms with Crippen LogP contribution in [0.25, 0.3) is 0 Å². The number of rotatable bonds is 3. The van der Waals surface area contributed by atoms with Crippen molar-refractivity contribution in [3.8, 4) is 5.75 Å². The summed E-state index contributed by atoms with van der Waals surface area (Å²) < 4.78 is 18.7. The summed E-state index contributed by atoms with van der Waals surface area (Å²) >= 11 is 3.57. The first kappa shape index (κ1) is 10.9. The zero-order valence-corrected chi connectivity index (χ0v) is 10.4. The summed E-state index contributed by atoms with van der Waals surface area (Å²) in [5, 5.41) is 0. The maximum Gasteiger partial charge on any atom is 0.131 e. The van der Waals surface area contributed by atoms with Gasteiger partial charge >= 0.3 is 0 Å².